The Kier molecular flexibility index (Phi) is 8.25. The summed E-state index contributed by atoms with van der Waals surface area (Å²) in [6, 6.07) is 0. The van der Waals surface area contributed by atoms with Gasteiger partial charge in [0.2, 0.25) is 0 Å². The van der Waals surface area contributed by atoms with Gasteiger partial charge in [-0.3, -0.25) is 9.41 Å². The summed E-state index contributed by atoms with van der Waals surface area (Å²) < 4.78 is 7.01. The molecule has 0 aromatic rings. The van der Waals surface area contributed by atoms with Crippen LogP contribution in [-0.2, 0) is 4.74 Å². The fourth-order valence-electron chi connectivity index (χ4n) is 0.554. The van der Waals surface area contributed by atoms with Gasteiger partial charge in [-0.05, 0) is 0 Å². The summed E-state index contributed by atoms with van der Waals surface area (Å²) in [5.74, 6) is 0. The monoisotopic (exact) mass is 159 g/mol. The fraction of sp³-hybridized carbons (Fsp3) is 1.00. The molecule has 0 amide bonds. The molecule has 0 atom stereocenters. The fourth-order valence-corrected chi connectivity index (χ4v) is 0.717. The van der Waals surface area contributed by atoms with Crippen molar-refractivity contribution < 1.29 is 14.1 Å². The summed E-state index contributed by atoms with van der Waals surface area (Å²) in [6.45, 7) is 3.60. The Balaban J connectivity index is 0. The first-order valence-electron chi connectivity index (χ1n) is 2.41. The Morgan fingerprint density at radius 1 is 1.11 bits per heavy atom. The lowest BCUT2D eigenvalue weighted by Gasteiger charge is -2.19. The van der Waals surface area contributed by atoms with Crippen LogP contribution in [0.2, 0.25) is 0 Å². The maximum atomic E-state index is 5.05. The van der Waals surface area contributed by atoms with Crippen LogP contribution in [0.3, 0.4) is 0 Å². The standard InChI is InChI=1S/C4H9NOS.2FH/c7-5-1-3-6-4-2-5;;/h7H,1-4H2;2*1H. The van der Waals surface area contributed by atoms with Crippen LogP contribution < -0.4 is 0 Å². The normalized spacial score (nSPS) is 19.7. The van der Waals surface area contributed by atoms with Gasteiger partial charge in [-0.25, -0.2) is 4.31 Å². The Morgan fingerprint density at radius 3 is 1.78 bits per heavy atom. The molecule has 1 aliphatic heterocycles. The van der Waals surface area contributed by atoms with Crippen molar-refractivity contribution in [2.24, 2.45) is 0 Å². The molecule has 0 unspecified atom stereocenters. The average molecular weight is 159 g/mol. The van der Waals surface area contributed by atoms with Crippen molar-refractivity contribution >= 4 is 12.8 Å². The third kappa shape index (κ3) is 4.62. The van der Waals surface area contributed by atoms with Gasteiger partial charge >= 0.3 is 0 Å². The SMILES string of the molecule is F.F.SN1CCOCC1. The summed E-state index contributed by atoms with van der Waals surface area (Å²) in [4.78, 5) is 0. The molecule has 1 heterocycles. The van der Waals surface area contributed by atoms with Crippen molar-refractivity contribution in [3.8, 4) is 0 Å². The molecule has 0 aromatic heterocycles. The maximum absolute atomic E-state index is 5.05. The summed E-state index contributed by atoms with van der Waals surface area (Å²) in [5, 5.41) is 0. The topological polar surface area (TPSA) is 12.5 Å². The molecule has 0 saturated carbocycles. The molecule has 1 saturated heterocycles. The van der Waals surface area contributed by atoms with Gasteiger partial charge in [0.15, 0.2) is 0 Å². The summed E-state index contributed by atoms with van der Waals surface area (Å²) in [5.41, 5.74) is 0. The summed E-state index contributed by atoms with van der Waals surface area (Å²) >= 11 is 4.11. The molecule has 58 valence electrons. The van der Waals surface area contributed by atoms with E-state index in [1.807, 2.05) is 4.31 Å². The quantitative estimate of drug-likeness (QED) is 0.516. The number of nitrogens with zero attached hydrogens (tertiary/aromatic N) is 1. The van der Waals surface area contributed by atoms with E-state index in [-0.39, 0.29) is 9.41 Å². The molecule has 0 N–H and O–H groups in total. The van der Waals surface area contributed by atoms with Gasteiger partial charge in [0.25, 0.3) is 0 Å². The number of ether oxygens (including phenoxy) is 1. The van der Waals surface area contributed by atoms with E-state index in [9.17, 15) is 0 Å². The number of hydrogen-bond acceptors (Lipinski definition) is 3. The number of hydrogen-bond donors (Lipinski definition) is 1. The molecule has 5 heteroatoms. The third-order valence-corrected chi connectivity index (χ3v) is 1.39. The highest BCUT2D eigenvalue weighted by Gasteiger charge is 2.03. The maximum Gasteiger partial charge on any atom is 0.0603 e. The molecule has 0 aliphatic carbocycles. The zero-order valence-corrected chi connectivity index (χ0v) is 5.84. The van der Waals surface area contributed by atoms with Crippen molar-refractivity contribution in [3.05, 3.63) is 0 Å². The largest absolute Gasteiger partial charge is 0.379 e. The van der Waals surface area contributed by atoms with E-state index >= 15 is 0 Å². The number of morpholine rings is 1. The molecule has 0 bridgehead atoms. The first kappa shape index (κ1) is 11.9. The van der Waals surface area contributed by atoms with Crippen molar-refractivity contribution in [1.29, 1.82) is 0 Å². The van der Waals surface area contributed by atoms with Crippen LogP contribution in [0.25, 0.3) is 0 Å². The Hall–Kier alpha value is 0.130. The lowest BCUT2D eigenvalue weighted by Crippen LogP contribution is -2.28. The van der Waals surface area contributed by atoms with E-state index in [0.717, 1.165) is 26.3 Å². The minimum Gasteiger partial charge on any atom is -0.379 e. The molecular weight excluding hydrogens is 148 g/mol. The molecule has 1 rings (SSSR count). The van der Waals surface area contributed by atoms with Crippen LogP contribution in [0.4, 0.5) is 9.41 Å². The summed E-state index contributed by atoms with van der Waals surface area (Å²) in [6.07, 6.45) is 0. The lowest BCUT2D eigenvalue weighted by atomic mass is 10.5. The van der Waals surface area contributed by atoms with Crippen LogP contribution in [-0.4, -0.2) is 30.6 Å². The van der Waals surface area contributed by atoms with E-state index in [2.05, 4.69) is 12.8 Å². The lowest BCUT2D eigenvalue weighted by molar-refractivity contribution is 0.0781. The predicted octanol–water partition coefficient (Wildman–Crippen LogP) is 0.468. The number of halogens is 2. The van der Waals surface area contributed by atoms with Crippen LogP contribution in [0, 0.1) is 0 Å². The van der Waals surface area contributed by atoms with Crippen LogP contribution in [0.1, 0.15) is 0 Å². The summed E-state index contributed by atoms with van der Waals surface area (Å²) in [7, 11) is 0. The molecule has 0 spiro atoms. The first-order valence-corrected chi connectivity index (χ1v) is 2.81. The van der Waals surface area contributed by atoms with Crippen LogP contribution >= 0.6 is 12.8 Å². The van der Waals surface area contributed by atoms with Gasteiger partial charge in [0, 0.05) is 13.1 Å². The molecule has 0 radical (unpaired) electrons. The van der Waals surface area contributed by atoms with Crippen LogP contribution in [0.5, 0.6) is 0 Å². The van der Waals surface area contributed by atoms with E-state index in [1.165, 1.54) is 0 Å². The third-order valence-electron chi connectivity index (χ3n) is 0.987. The Bertz CT molecular complexity index is 60.5. The Morgan fingerprint density at radius 2 is 1.56 bits per heavy atom. The smallest absolute Gasteiger partial charge is 0.0603 e. The van der Waals surface area contributed by atoms with E-state index in [1.54, 1.807) is 0 Å². The van der Waals surface area contributed by atoms with Gasteiger partial charge in [0.1, 0.15) is 0 Å². The van der Waals surface area contributed by atoms with Gasteiger partial charge < -0.3 is 4.74 Å². The van der Waals surface area contributed by atoms with Gasteiger partial charge in [-0.15, -0.1) is 0 Å². The first-order chi connectivity index (χ1) is 3.39. The molecule has 0 aromatic carbocycles. The highest BCUT2D eigenvalue weighted by Crippen LogP contribution is 1.97. The molecule has 1 aliphatic rings. The number of thiol groups is 1. The molecule has 1 fully saturated rings. The highest BCUT2D eigenvalue weighted by molar-refractivity contribution is 7.77. The average Bonchev–Trinajstić information content (AvgIpc) is 1.69. The second-order valence-electron chi connectivity index (χ2n) is 1.57. The van der Waals surface area contributed by atoms with E-state index < -0.39 is 0 Å². The van der Waals surface area contributed by atoms with Crippen molar-refractivity contribution in [3.63, 3.8) is 0 Å². The zero-order valence-electron chi connectivity index (χ0n) is 4.95. The van der Waals surface area contributed by atoms with Gasteiger partial charge in [-0.1, -0.05) is 12.8 Å². The van der Waals surface area contributed by atoms with Crippen molar-refractivity contribution in [1.82, 2.24) is 4.31 Å². The van der Waals surface area contributed by atoms with Crippen molar-refractivity contribution in [2.45, 2.75) is 0 Å². The number of rotatable bonds is 0. The minimum absolute atomic E-state index is 0. The van der Waals surface area contributed by atoms with Crippen molar-refractivity contribution in [2.75, 3.05) is 26.3 Å². The minimum atomic E-state index is 0. The second kappa shape index (κ2) is 6.25. The van der Waals surface area contributed by atoms with E-state index in [4.69, 9.17) is 4.74 Å². The van der Waals surface area contributed by atoms with Gasteiger partial charge in [-0.2, -0.15) is 0 Å². The predicted molar refractivity (Wildman–Crippen MR) is 36.4 cm³/mol. The second-order valence-corrected chi connectivity index (χ2v) is 2.13. The zero-order chi connectivity index (χ0) is 5.11. The molecule has 2 nitrogen and oxygen atoms in total. The van der Waals surface area contributed by atoms with E-state index in [0.29, 0.717) is 0 Å². The Labute approximate surface area is 58.4 Å². The molecular formula is C4H11F2NOS. The molecule has 9 heavy (non-hydrogen) atoms. The highest BCUT2D eigenvalue weighted by atomic mass is 32.1. The van der Waals surface area contributed by atoms with Crippen LogP contribution in [0.15, 0.2) is 0 Å². The van der Waals surface area contributed by atoms with Gasteiger partial charge in [0.05, 0.1) is 13.2 Å².